The third kappa shape index (κ3) is 3.02. The van der Waals surface area contributed by atoms with Crippen molar-refractivity contribution in [3.8, 4) is 0 Å². The molecule has 0 spiro atoms. The fraction of sp³-hybridized carbons (Fsp3) is 0.294. The summed E-state index contributed by atoms with van der Waals surface area (Å²) in [5, 5.41) is 10.6. The molecule has 0 aromatic heterocycles. The van der Waals surface area contributed by atoms with Gasteiger partial charge in [-0.15, -0.1) is 0 Å². The predicted molar refractivity (Wildman–Crippen MR) is 80.7 cm³/mol. The fourth-order valence-corrected chi connectivity index (χ4v) is 2.42. The average molecular weight is 293 g/mol. The van der Waals surface area contributed by atoms with Crippen molar-refractivity contribution in [2.75, 3.05) is 0 Å². The lowest BCUT2D eigenvalue weighted by molar-refractivity contribution is 0.218. The highest BCUT2D eigenvalue weighted by Crippen LogP contribution is 2.28. The van der Waals surface area contributed by atoms with Gasteiger partial charge < -0.3 is 5.11 Å². The van der Waals surface area contributed by atoms with Gasteiger partial charge in [0.25, 0.3) is 0 Å². The summed E-state index contributed by atoms with van der Waals surface area (Å²) >= 11 is 5.68. The van der Waals surface area contributed by atoms with Crippen molar-refractivity contribution in [1.82, 2.24) is 0 Å². The van der Waals surface area contributed by atoms with Gasteiger partial charge in [0.15, 0.2) is 0 Å². The van der Waals surface area contributed by atoms with Gasteiger partial charge >= 0.3 is 0 Å². The molecule has 0 aliphatic rings. The minimum atomic E-state index is -0.830. The first-order valence-electron chi connectivity index (χ1n) is 6.81. The lowest BCUT2D eigenvalue weighted by atomic mass is 9.93. The Bertz CT molecular complexity index is 610. The number of aliphatic hydroxyl groups is 1. The van der Waals surface area contributed by atoms with Crippen molar-refractivity contribution in [2.45, 2.75) is 32.8 Å². The van der Waals surface area contributed by atoms with E-state index in [1.807, 2.05) is 19.1 Å². The molecule has 106 valence electrons. The number of aliphatic hydroxyl groups excluding tert-OH is 1. The van der Waals surface area contributed by atoms with Crippen molar-refractivity contribution in [1.29, 1.82) is 0 Å². The van der Waals surface area contributed by atoms with Gasteiger partial charge in [0, 0.05) is 0 Å². The third-order valence-electron chi connectivity index (χ3n) is 3.55. The van der Waals surface area contributed by atoms with Gasteiger partial charge in [-0.05, 0) is 47.2 Å². The molecule has 0 saturated heterocycles. The summed E-state index contributed by atoms with van der Waals surface area (Å²) < 4.78 is 13.5. The molecule has 3 heteroatoms. The summed E-state index contributed by atoms with van der Waals surface area (Å²) in [4.78, 5) is 0. The lowest BCUT2D eigenvalue weighted by Gasteiger charge is -2.17. The van der Waals surface area contributed by atoms with Gasteiger partial charge in [-0.1, -0.05) is 49.7 Å². The molecule has 2 rings (SSSR count). The topological polar surface area (TPSA) is 20.2 Å². The Labute approximate surface area is 124 Å². The fourth-order valence-electron chi connectivity index (χ4n) is 2.30. The van der Waals surface area contributed by atoms with E-state index < -0.39 is 11.9 Å². The number of hydrogen-bond acceptors (Lipinski definition) is 1. The highest BCUT2D eigenvalue weighted by molar-refractivity contribution is 6.30. The molecule has 1 N–H and O–H groups in total. The van der Waals surface area contributed by atoms with E-state index in [4.69, 9.17) is 11.6 Å². The summed E-state index contributed by atoms with van der Waals surface area (Å²) in [5.74, 6) is -0.507. The molecule has 0 radical (unpaired) electrons. The summed E-state index contributed by atoms with van der Waals surface area (Å²) in [6, 6.07) is 10.5. The second kappa shape index (κ2) is 6.38. The van der Waals surface area contributed by atoms with E-state index in [0.717, 1.165) is 29.5 Å². The Balaban J connectivity index is 2.45. The molecule has 1 atom stereocenters. The van der Waals surface area contributed by atoms with Crippen LogP contribution in [0.1, 0.15) is 42.2 Å². The van der Waals surface area contributed by atoms with Crippen molar-refractivity contribution in [3.63, 3.8) is 0 Å². The van der Waals surface area contributed by atoms with Crippen LogP contribution in [0.4, 0.5) is 4.39 Å². The van der Waals surface area contributed by atoms with Crippen LogP contribution in [0.25, 0.3) is 0 Å². The Morgan fingerprint density at radius 1 is 1.10 bits per heavy atom. The standard InChI is InChI=1S/C17H18ClFO/c1-3-11-5-6-12(4-2)14(9-11)17(20)13-7-8-15(18)16(19)10-13/h5-10,17,20H,3-4H2,1-2H3. The maximum absolute atomic E-state index is 13.5. The molecular formula is C17H18ClFO. The highest BCUT2D eigenvalue weighted by Gasteiger charge is 2.16. The van der Waals surface area contributed by atoms with Crippen LogP contribution in [-0.4, -0.2) is 5.11 Å². The van der Waals surface area contributed by atoms with Crippen LogP contribution in [0.15, 0.2) is 36.4 Å². The van der Waals surface area contributed by atoms with Crippen molar-refractivity contribution in [2.24, 2.45) is 0 Å². The number of rotatable bonds is 4. The maximum Gasteiger partial charge on any atom is 0.142 e. The van der Waals surface area contributed by atoms with Gasteiger partial charge in [-0.3, -0.25) is 0 Å². The number of halogens is 2. The summed E-state index contributed by atoms with van der Waals surface area (Å²) in [6.45, 7) is 4.11. The summed E-state index contributed by atoms with van der Waals surface area (Å²) in [6.07, 6.45) is 0.897. The van der Waals surface area contributed by atoms with E-state index in [-0.39, 0.29) is 5.02 Å². The zero-order valence-corrected chi connectivity index (χ0v) is 12.4. The minimum Gasteiger partial charge on any atom is -0.384 e. The van der Waals surface area contributed by atoms with Crippen molar-refractivity contribution >= 4 is 11.6 Å². The Hall–Kier alpha value is -1.38. The normalized spacial score (nSPS) is 12.4. The van der Waals surface area contributed by atoms with Crippen LogP contribution in [-0.2, 0) is 12.8 Å². The van der Waals surface area contributed by atoms with Gasteiger partial charge in [-0.25, -0.2) is 4.39 Å². The molecule has 0 fully saturated rings. The first kappa shape index (κ1) is 15.0. The molecule has 0 heterocycles. The van der Waals surface area contributed by atoms with E-state index >= 15 is 0 Å². The number of benzene rings is 2. The Morgan fingerprint density at radius 3 is 2.45 bits per heavy atom. The van der Waals surface area contributed by atoms with Crippen LogP contribution in [0.2, 0.25) is 5.02 Å². The zero-order chi connectivity index (χ0) is 14.7. The molecule has 1 unspecified atom stereocenters. The number of hydrogen-bond donors (Lipinski definition) is 1. The summed E-state index contributed by atoms with van der Waals surface area (Å²) in [5.41, 5.74) is 3.60. The summed E-state index contributed by atoms with van der Waals surface area (Å²) in [7, 11) is 0. The molecule has 20 heavy (non-hydrogen) atoms. The van der Waals surface area contributed by atoms with Gasteiger partial charge in [0.1, 0.15) is 11.9 Å². The van der Waals surface area contributed by atoms with E-state index in [2.05, 4.69) is 13.0 Å². The first-order chi connectivity index (χ1) is 9.56. The Kier molecular flexibility index (Phi) is 4.79. The second-order valence-electron chi connectivity index (χ2n) is 4.82. The van der Waals surface area contributed by atoms with Gasteiger partial charge in [-0.2, -0.15) is 0 Å². The van der Waals surface area contributed by atoms with Crippen LogP contribution < -0.4 is 0 Å². The van der Waals surface area contributed by atoms with Crippen LogP contribution >= 0.6 is 11.6 Å². The molecule has 0 amide bonds. The SMILES string of the molecule is CCc1ccc(CC)c(C(O)c2ccc(Cl)c(F)c2)c1. The third-order valence-corrected chi connectivity index (χ3v) is 3.86. The molecule has 0 aliphatic heterocycles. The Morgan fingerprint density at radius 2 is 1.85 bits per heavy atom. The quantitative estimate of drug-likeness (QED) is 0.867. The lowest BCUT2D eigenvalue weighted by Crippen LogP contribution is -2.05. The van der Waals surface area contributed by atoms with Crippen LogP contribution in [0.3, 0.4) is 0 Å². The number of aryl methyl sites for hydroxylation is 2. The molecular weight excluding hydrogens is 275 g/mol. The second-order valence-corrected chi connectivity index (χ2v) is 5.22. The zero-order valence-electron chi connectivity index (χ0n) is 11.7. The van der Waals surface area contributed by atoms with E-state index in [1.54, 1.807) is 6.07 Å². The molecule has 2 aromatic carbocycles. The monoisotopic (exact) mass is 292 g/mol. The van der Waals surface area contributed by atoms with Gasteiger partial charge in [0.05, 0.1) is 5.02 Å². The molecule has 0 saturated carbocycles. The predicted octanol–water partition coefficient (Wildman–Crippen LogP) is 4.69. The highest BCUT2D eigenvalue weighted by atomic mass is 35.5. The van der Waals surface area contributed by atoms with Crippen molar-refractivity contribution < 1.29 is 9.50 Å². The average Bonchev–Trinajstić information content (AvgIpc) is 2.48. The largest absolute Gasteiger partial charge is 0.384 e. The van der Waals surface area contributed by atoms with E-state index in [0.29, 0.717) is 5.56 Å². The molecule has 0 bridgehead atoms. The minimum absolute atomic E-state index is 0.0685. The first-order valence-corrected chi connectivity index (χ1v) is 7.19. The van der Waals surface area contributed by atoms with Crippen LogP contribution in [0, 0.1) is 5.82 Å². The van der Waals surface area contributed by atoms with Gasteiger partial charge in [0.2, 0.25) is 0 Å². The van der Waals surface area contributed by atoms with E-state index in [9.17, 15) is 9.50 Å². The smallest absolute Gasteiger partial charge is 0.142 e. The molecule has 1 nitrogen and oxygen atoms in total. The maximum atomic E-state index is 13.5. The molecule has 0 aliphatic carbocycles. The van der Waals surface area contributed by atoms with Crippen molar-refractivity contribution in [3.05, 3.63) is 69.5 Å². The van der Waals surface area contributed by atoms with E-state index in [1.165, 1.54) is 12.1 Å². The van der Waals surface area contributed by atoms with Crippen LogP contribution in [0.5, 0.6) is 0 Å². The molecule has 2 aromatic rings.